The summed E-state index contributed by atoms with van der Waals surface area (Å²) in [5, 5.41) is 12.2. The molecule has 2 rings (SSSR count). The van der Waals surface area contributed by atoms with Gasteiger partial charge in [-0.3, -0.25) is 4.98 Å². The van der Waals surface area contributed by atoms with Crippen molar-refractivity contribution in [3.8, 4) is 11.3 Å². The van der Waals surface area contributed by atoms with Crippen molar-refractivity contribution in [1.82, 2.24) is 10.3 Å². The largest absolute Gasteiger partial charge is 0.392 e. The number of rotatable bonds is 4. The lowest BCUT2D eigenvalue weighted by molar-refractivity contribution is 0.282. The molecule has 3 nitrogen and oxygen atoms in total. The van der Waals surface area contributed by atoms with Crippen molar-refractivity contribution in [2.75, 3.05) is 7.05 Å². The molecule has 0 spiro atoms. The minimum atomic E-state index is 0.0473. The van der Waals surface area contributed by atoms with Gasteiger partial charge in [-0.1, -0.05) is 18.2 Å². The number of nitrogens with one attached hydrogen (secondary N) is 1. The van der Waals surface area contributed by atoms with Crippen molar-refractivity contribution in [3.05, 3.63) is 53.7 Å². The average Bonchev–Trinajstić information content (AvgIpc) is 2.40. The molecule has 2 N–H and O–H groups in total. The van der Waals surface area contributed by atoms with Crippen LogP contribution >= 0.6 is 0 Å². The first-order chi connectivity index (χ1) is 8.33. The summed E-state index contributed by atoms with van der Waals surface area (Å²) in [6.45, 7) is 0.888. The van der Waals surface area contributed by atoms with Gasteiger partial charge in [0.1, 0.15) is 0 Å². The maximum atomic E-state index is 9.11. The van der Waals surface area contributed by atoms with Crippen LogP contribution in [0.3, 0.4) is 0 Å². The SMILES string of the molecule is CNCc1cccc(-c2cc(CO)ccn2)c1. The van der Waals surface area contributed by atoms with Crippen molar-refractivity contribution in [2.24, 2.45) is 0 Å². The Kier molecular flexibility index (Phi) is 3.85. The van der Waals surface area contributed by atoms with E-state index in [4.69, 9.17) is 5.11 Å². The van der Waals surface area contributed by atoms with E-state index in [0.29, 0.717) is 0 Å². The maximum Gasteiger partial charge on any atom is 0.0705 e. The Labute approximate surface area is 101 Å². The average molecular weight is 228 g/mol. The van der Waals surface area contributed by atoms with Gasteiger partial charge >= 0.3 is 0 Å². The number of pyridine rings is 1. The first-order valence-electron chi connectivity index (χ1n) is 5.63. The van der Waals surface area contributed by atoms with Crippen LogP contribution < -0.4 is 5.32 Å². The third-order valence-corrected chi connectivity index (χ3v) is 2.61. The highest BCUT2D eigenvalue weighted by molar-refractivity contribution is 5.60. The Hall–Kier alpha value is -1.71. The lowest BCUT2D eigenvalue weighted by atomic mass is 10.1. The molecule has 0 aliphatic rings. The molecule has 1 aromatic heterocycles. The summed E-state index contributed by atoms with van der Waals surface area (Å²) < 4.78 is 0. The Morgan fingerprint density at radius 1 is 1.18 bits per heavy atom. The highest BCUT2D eigenvalue weighted by Crippen LogP contribution is 2.19. The van der Waals surface area contributed by atoms with Crippen LogP contribution in [0.25, 0.3) is 11.3 Å². The number of benzene rings is 1. The summed E-state index contributed by atoms with van der Waals surface area (Å²) in [6.07, 6.45) is 1.73. The van der Waals surface area contributed by atoms with Crippen molar-refractivity contribution in [3.63, 3.8) is 0 Å². The van der Waals surface area contributed by atoms with E-state index in [9.17, 15) is 0 Å². The molecule has 0 bridgehead atoms. The molecule has 1 aromatic carbocycles. The maximum absolute atomic E-state index is 9.11. The van der Waals surface area contributed by atoms with Gasteiger partial charge in [-0.25, -0.2) is 0 Å². The molecule has 0 saturated carbocycles. The van der Waals surface area contributed by atoms with Gasteiger partial charge in [-0.2, -0.15) is 0 Å². The smallest absolute Gasteiger partial charge is 0.0705 e. The molecule has 0 saturated heterocycles. The first-order valence-corrected chi connectivity index (χ1v) is 5.63. The van der Waals surface area contributed by atoms with E-state index >= 15 is 0 Å². The summed E-state index contributed by atoms with van der Waals surface area (Å²) in [7, 11) is 1.93. The lowest BCUT2D eigenvalue weighted by Gasteiger charge is -2.05. The second-order valence-electron chi connectivity index (χ2n) is 3.94. The molecule has 1 heterocycles. The van der Waals surface area contributed by atoms with E-state index in [1.165, 1.54) is 5.56 Å². The summed E-state index contributed by atoms with van der Waals surface area (Å²) in [4.78, 5) is 4.33. The minimum absolute atomic E-state index is 0.0473. The fourth-order valence-corrected chi connectivity index (χ4v) is 1.78. The number of aliphatic hydroxyl groups excluding tert-OH is 1. The van der Waals surface area contributed by atoms with Gasteiger partial charge in [0.05, 0.1) is 12.3 Å². The summed E-state index contributed by atoms with van der Waals surface area (Å²) in [5.41, 5.74) is 4.08. The van der Waals surface area contributed by atoms with Gasteiger partial charge < -0.3 is 10.4 Å². The van der Waals surface area contributed by atoms with Crippen LogP contribution in [0.1, 0.15) is 11.1 Å². The minimum Gasteiger partial charge on any atom is -0.392 e. The fraction of sp³-hybridized carbons (Fsp3) is 0.214. The van der Waals surface area contributed by atoms with Crippen LogP contribution in [-0.2, 0) is 13.2 Å². The van der Waals surface area contributed by atoms with E-state index in [-0.39, 0.29) is 6.61 Å². The summed E-state index contributed by atoms with van der Waals surface area (Å²) in [5.74, 6) is 0. The molecule has 0 atom stereocenters. The molecule has 0 amide bonds. The number of aliphatic hydroxyl groups is 1. The highest BCUT2D eigenvalue weighted by Gasteiger charge is 2.01. The van der Waals surface area contributed by atoms with Crippen molar-refractivity contribution < 1.29 is 5.11 Å². The molecule has 0 aliphatic carbocycles. The van der Waals surface area contributed by atoms with Crippen LogP contribution in [0.4, 0.5) is 0 Å². The fourth-order valence-electron chi connectivity index (χ4n) is 1.78. The van der Waals surface area contributed by atoms with Gasteiger partial charge in [0.25, 0.3) is 0 Å². The van der Waals surface area contributed by atoms with Gasteiger partial charge in [-0.15, -0.1) is 0 Å². The zero-order valence-corrected chi connectivity index (χ0v) is 9.85. The van der Waals surface area contributed by atoms with Crippen LogP contribution in [0.5, 0.6) is 0 Å². The predicted octanol–water partition coefficient (Wildman–Crippen LogP) is 1.96. The van der Waals surface area contributed by atoms with E-state index < -0.39 is 0 Å². The molecule has 88 valence electrons. The van der Waals surface area contributed by atoms with Crippen LogP contribution in [0.2, 0.25) is 0 Å². The number of hydrogen-bond acceptors (Lipinski definition) is 3. The molecule has 0 fully saturated rings. The van der Waals surface area contributed by atoms with Crippen LogP contribution in [0.15, 0.2) is 42.6 Å². The van der Waals surface area contributed by atoms with Crippen LogP contribution in [-0.4, -0.2) is 17.1 Å². The predicted molar refractivity (Wildman–Crippen MR) is 68.4 cm³/mol. The zero-order chi connectivity index (χ0) is 12.1. The third kappa shape index (κ3) is 2.90. The Bertz CT molecular complexity index is 497. The van der Waals surface area contributed by atoms with Gasteiger partial charge in [0, 0.05) is 18.3 Å². The van der Waals surface area contributed by atoms with Gasteiger partial charge in [-0.05, 0) is 36.4 Å². The molecule has 0 radical (unpaired) electrons. The van der Waals surface area contributed by atoms with E-state index in [0.717, 1.165) is 23.4 Å². The van der Waals surface area contributed by atoms with Crippen LogP contribution in [0, 0.1) is 0 Å². The van der Waals surface area contributed by atoms with Crippen molar-refractivity contribution >= 4 is 0 Å². The molecule has 3 heteroatoms. The van der Waals surface area contributed by atoms with E-state index in [1.54, 1.807) is 6.20 Å². The van der Waals surface area contributed by atoms with Crippen molar-refractivity contribution in [1.29, 1.82) is 0 Å². The van der Waals surface area contributed by atoms with E-state index in [2.05, 4.69) is 22.4 Å². The summed E-state index contributed by atoms with van der Waals surface area (Å²) in [6, 6.07) is 12.0. The molecule has 0 unspecified atom stereocenters. The standard InChI is InChI=1S/C14H16N2O/c1-15-9-11-3-2-4-13(7-11)14-8-12(10-17)5-6-16-14/h2-8,15,17H,9-10H2,1H3. The number of aromatic nitrogens is 1. The Balaban J connectivity index is 2.34. The highest BCUT2D eigenvalue weighted by atomic mass is 16.3. The molecular weight excluding hydrogens is 212 g/mol. The number of hydrogen-bond donors (Lipinski definition) is 2. The molecule has 0 aliphatic heterocycles. The quantitative estimate of drug-likeness (QED) is 0.841. The lowest BCUT2D eigenvalue weighted by Crippen LogP contribution is -2.04. The molecular formula is C14H16N2O. The zero-order valence-electron chi connectivity index (χ0n) is 9.85. The van der Waals surface area contributed by atoms with E-state index in [1.807, 2.05) is 31.3 Å². The topological polar surface area (TPSA) is 45.1 Å². The Morgan fingerprint density at radius 3 is 2.82 bits per heavy atom. The number of nitrogens with zero attached hydrogens (tertiary/aromatic N) is 1. The first kappa shape index (κ1) is 11.8. The second kappa shape index (κ2) is 5.57. The summed E-state index contributed by atoms with van der Waals surface area (Å²) >= 11 is 0. The van der Waals surface area contributed by atoms with Crippen molar-refractivity contribution in [2.45, 2.75) is 13.2 Å². The normalized spacial score (nSPS) is 10.5. The van der Waals surface area contributed by atoms with Gasteiger partial charge in [0.2, 0.25) is 0 Å². The third-order valence-electron chi connectivity index (χ3n) is 2.61. The monoisotopic (exact) mass is 228 g/mol. The molecule has 2 aromatic rings. The Morgan fingerprint density at radius 2 is 2.06 bits per heavy atom. The van der Waals surface area contributed by atoms with Gasteiger partial charge in [0.15, 0.2) is 0 Å². The second-order valence-corrected chi connectivity index (χ2v) is 3.94. The molecule has 17 heavy (non-hydrogen) atoms.